The highest BCUT2D eigenvalue weighted by atomic mass is 19.1. The van der Waals surface area contributed by atoms with E-state index in [9.17, 15) is 9.18 Å². The Hall–Kier alpha value is -1.73. The van der Waals surface area contributed by atoms with Gasteiger partial charge in [0.1, 0.15) is 17.6 Å². The fraction of sp³-hybridized carbons (Fsp3) is 0.250. The number of hydrogen-bond acceptors (Lipinski definition) is 4. The van der Waals surface area contributed by atoms with Gasteiger partial charge in [-0.2, -0.15) is 0 Å². The van der Waals surface area contributed by atoms with E-state index in [0.717, 1.165) is 12.3 Å². The molecular weight excluding hydrogens is 207 g/mol. The lowest BCUT2D eigenvalue weighted by Crippen LogP contribution is -2.11. The lowest BCUT2D eigenvalue weighted by atomic mass is 10.2. The minimum atomic E-state index is -1.41. The lowest BCUT2D eigenvalue weighted by molar-refractivity contribution is 0.0890. The van der Waals surface area contributed by atoms with E-state index in [1.54, 1.807) is 0 Å². The van der Waals surface area contributed by atoms with Gasteiger partial charge in [-0.05, 0) is 0 Å². The minimum Gasteiger partial charge on any atom is -0.465 e. The molecule has 1 amide bonds. The van der Waals surface area contributed by atoms with Crippen LogP contribution in [-0.2, 0) is 0 Å². The lowest BCUT2D eigenvalue weighted by Gasteiger charge is -2.08. The Morgan fingerprint density at radius 2 is 2.33 bits per heavy atom. The molecule has 0 saturated carbocycles. The van der Waals surface area contributed by atoms with Gasteiger partial charge in [0.2, 0.25) is 0 Å². The Kier molecular flexibility index (Phi) is 3.53. The van der Waals surface area contributed by atoms with Gasteiger partial charge in [-0.25, -0.2) is 9.18 Å². The first-order chi connectivity index (χ1) is 7.04. The molecule has 6 nitrogen and oxygen atoms in total. The van der Waals surface area contributed by atoms with E-state index >= 15 is 0 Å². The number of pyridine rings is 1. The van der Waals surface area contributed by atoms with Crippen molar-refractivity contribution in [1.29, 1.82) is 0 Å². The average Bonchev–Trinajstić information content (AvgIpc) is 2.16. The number of amides is 1. The summed E-state index contributed by atoms with van der Waals surface area (Å²) >= 11 is 0. The standard InChI is InChI=1S/C8H9FN2O4/c9-5-1-4(11-8(14)15)2-10-7(5)6(13)3-12/h1-2,6,11-13H,3H2,(H,14,15). The molecule has 0 saturated heterocycles. The maximum atomic E-state index is 13.2. The number of anilines is 1. The zero-order valence-corrected chi connectivity index (χ0v) is 7.51. The molecule has 1 unspecified atom stereocenters. The zero-order valence-electron chi connectivity index (χ0n) is 7.51. The van der Waals surface area contributed by atoms with E-state index in [1.165, 1.54) is 0 Å². The Labute approximate surface area is 84.0 Å². The third-order valence-electron chi connectivity index (χ3n) is 1.61. The van der Waals surface area contributed by atoms with E-state index in [1.807, 2.05) is 5.32 Å². The second kappa shape index (κ2) is 4.67. The number of aliphatic hydroxyl groups is 2. The first kappa shape index (κ1) is 11.3. The van der Waals surface area contributed by atoms with E-state index in [2.05, 4.69) is 4.98 Å². The van der Waals surface area contributed by atoms with Crippen molar-refractivity contribution in [2.75, 3.05) is 11.9 Å². The van der Waals surface area contributed by atoms with Crippen LogP contribution in [0.1, 0.15) is 11.8 Å². The number of nitrogens with zero attached hydrogens (tertiary/aromatic N) is 1. The first-order valence-corrected chi connectivity index (χ1v) is 3.99. The van der Waals surface area contributed by atoms with Crippen LogP contribution < -0.4 is 5.32 Å². The molecule has 0 aliphatic rings. The van der Waals surface area contributed by atoms with Crippen molar-refractivity contribution in [2.45, 2.75) is 6.10 Å². The van der Waals surface area contributed by atoms with Crippen LogP contribution in [0.2, 0.25) is 0 Å². The van der Waals surface area contributed by atoms with Gasteiger partial charge < -0.3 is 15.3 Å². The molecule has 4 N–H and O–H groups in total. The number of nitrogens with one attached hydrogen (secondary N) is 1. The second-order valence-corrected chi connectivity index (χ2v) is 2.72. The molecule has 0 bridgehead atoms. The van der Waals surface area contributed by atoms with Crippen molar-refractivity contribution < 1.29 is 24.5 Å². The van der Waals surface area contributed by atoms with Gasteiger partial charge in [0.15, 0.2) is 0 Å². The SMILES string of the molecule is O=C(O)Nc1cnc(C(O)CO)c(F)c1. The number of carboxylic acid groups (broad SMARTS) is 1. The van der Waals surface area contributed by atoms with E-state index < -0.39 is 24.6 Å². The highest BCUT2D eigenvalue weighted by Gasteiger charge is 2.14. The summed E-state index contributed by atoms with van der Waals surface area (Å²) < 4.78 is 13.2. The summed E-state index contributed by atoms with van der Waals surface area (Å²) in [5.74, 6) is -0.886. The summed E-state index contributed by atoms with van der Waals surface area (Å²) in [7, 11) is 0. The molecule has 0 aliphatic carbocycles. The smallest absolute Gasteiger partial charge is 0.409 e. The Morgan fingerprint density at radius 3 is 2.80 bits per heavy atom. The maximum Gasteiger partial charge on any atom is 0.409 e. The highest BCUT2D eigenvalue weighted by Crippen LogP contribution is 2.17. The Bertz CT molecular complexity index is 372. The molecule has 0 fully saturated rings. The molecule has 0 aromatic carbocycles. The summed E-state index contributed by atoms with van der Waals surface area (Å²) in [6.45, 7) is -0.657. The number of carbonyl (C=O) groups is 1. The maximum absolute atomic E-state index is 13.2. The zero-order chi connectivity index (χ0) is 11.4. The molecule has 0 radical (unpaired) electrons. The number of aromatic nitrogens is 1. The molecule has 0 aliphatic heterocycles. The normalized spacial score (nSPS) is 12.2. The van der Waals surface area contributed by atoms with E-state index in [-0.39, 0.29) is 11.4 Å². The van der Waals surface area contributed by atoms with Crippen LogP contribution in [0, 0.1) is 5.82 Å². The summed E-state index contributed by atoms with van der Waals surface area (Å²) in [5.41, 5.74) is -0.373. The van der Waals surface area contributed by atoms with Crippen LogP contribution in [0.5, 0.6) is 0 Å². The van der Waals surface area contributed by atoms with Gasteiger partial charge >= 0.3 is 6.09 Å². The first-order valence-electron chi connectivity index (χ1n) is 3.99. The van der Waals surface area contributed by atoms with Crippen molar-refractivity contribution in [1.82, 2.24) is 4.98 Å². The van der Waals surface area contributed by atoms with Gasteiger partial charge in [-0.15, -0.1) is 0 Å². The van der Waals surface area contributed by atoms with Crippen LogP contribution in [0.4, 0.5) is 14.9 Å². The summed E-state index contributed by atoms with van der Waals surface area (Å²) in [4.78, 5) is 13.7. The third-order valence-corrected chi connectivity index (χ3v) is 1.61. The van der Waals surface area contributed by atoms with Crippen LogP contribution in [0.15, 0.2) is 12.3 Å². The van der Waals surface area contributed by atoms with Crippen LogP contribution in [0.25, 0.3) is 0 Å². The summed E-state index contributed by atoms with van der Waals surface area (Å²) in [6, 6.07) is 0.870. The Balaban J connectivity index is 2.92. The third kappa shape index (κ3) is 2.86. The number of halogens is 1. The van der Waals surface area contributed by atoms with Gasteiger partial charge in [-0.3, -0.25) is 10.3 Å². The van der Waals surface area contributed by atoms with E-state index in [4.69, 9.17) is 15.3 Å². The molecule has 15 heavy (non-hydrogen) atoms. The molecule has 1 aromatic rings. The monoisotopic (exact) mass is 216 g/mol. The van der Waals surface area contributed by atoms with Crippen molar-refractivity contribution in [2.24, 2.45) is 0 Å². The molecule has 1 aromatic heterocycles. The molecule has 0 spiro atoms. The fourth-order valence-electron chi connectivity index (χ4n) is 0.972. The predicted molar refractivity (Wildman–Crippen MR) is 47.9 cm³/mol. The molecular formula is C8H9FN2O4. The molecule has 1 heterocycles. The second-order valence-electron chi connectivity index (χ2n) is 2.72. The molecule has 82 valence electrons. The summed E-state index contributed by atoms with van der Waals surface area (Å²) in [6.07, 6.45) is -1.71. The highest BCUT2D eigenvalue weighted by molar-refractivity contribution is 5.82. The predicted octanol–water partition coefficient (Wildman–Crippen LogP) is 0.336. The van der Waals surface area contributed by atoms with Gasteiger partial charge in [-0.1, -0.05) is 0 Å². The van der Waals surface area contributed by atoms with Crippen LogP contribution >= 0.6 is 0 Å². The van der Waals surface area contributed by atoms with Crippen molar-refractivity contribution in [3.63, 3.8) is 0 Å². The van der Waals surface area contributed by atoms with Crippen LogP contribution in [-0.4, -0.2) is 33.0 Å². The summed E-state index contributed by atoms with van der Waals surface area (Å²) in [5, 5.41) is 27.9. The average molecular weight is 216 g/mol. The number of hydrogen-bond donors (Lipinski definition) is 4. The van der Waals surface area contributed by atoms with Crippen molar-refractivity contribution >= 4 is 11.8 Å². The fourth-order valence-corrected chi connectivity index (χ4v) is 0.972. The molecule has 1 rings (SSSR count). The van der Waals surface area contributed by atoms with Crippen molar-refractivity contribution in [3.8, 4) is 0 Å². The quantitative estimate of drug-likeness (QED) is 0.583. The van der Waals surface area contributed by atoms with Gasteiger partial charge in [0.05, 0.1) is 18.5 Å². The van der Waals surface area contributed by atoms with Gasteiger partial charge in [0, 0.05) is 6.07 Å². The molecule has 1 atom stereocenters. The number of aliphatic hydroxyl groups excluding tert-OH is 2. The Morgan fingerprint density at radius 1 is 1.67 bits per heavy atom. The van der Waals surface area contributed by atoms with Crippen LogP contribution in [0.3, 0.4) is 0 Å². The molecule has 7 heteroatoms. The van der Waals surface area contributed by atoms with E-state index in [0.29, 0.717) is 0 Å². The largest absolute Gasteiger partial charge is 0.465 e. The number of rotatable bonds is 3. The topological polar surface area (TPSA) is 103 Å². The van der Waals surface area contributed by atoms with Gasteiger partial charge in [0.25, 0.3) is 0 Å². The minimum absolute atomic E-state index is 0.0473. The van der Waals surface area contributed by atoms with Crippen molar-refractivity contribution in [3.05, 3.63) is 23.8 Å².